The van der Waals surface area contributed by atoms with E-state index in [9.17, 15) is 24.5 Å². The van der Waals surface area contributed by atoms with Crippen LogP contribution in [0.3, 0.4) is 0 Å². The maximum Gasteiger partial charge on any atom is 0.352 e. The van der Waals surface area contributed by atoms with E-state index in [4.69, 9.17) is 0 Å². The second-order valence-corrected chi connectivity index (χ2v) is 7.18. The number of hydrogen-bond acceptors (Lipinski definition) is 5. The second kappa shape index (κ2) is 7.48. The highest BCUT2D eigenvalue weighted by atomic mass is 16.6. The van der Waals surface area contributed by atoms with Gasteiger partial charge in [0.1, 0.15) is 0 Å². The molecule has 1 unspecified atom stereocenters. The third-order valence-electron chi connectivity index (χ3n) is 5.59. The monoisotopic (exact) mass is 399 g/mol. The van der Waals surface area contributed by atoms with Gasteiger partial charge in [0.25, 0.3) is 0 Å². The molecule has 4 rings (SSSR count). The van der Waals surface area contributed by atoms with Crippen LogP contribution in [-0.2, 0) is 0 Å². The van der Waals surface area contributed by atoms with Gasteiger partial charge in [-0.15, -0.1) is 0 Å². The van der Waals surface area contributed by atoms with Gasteiger partial charge in [-0.2, -0.15) is 0 Å². The average Bonchev–Trinajstić information content (AvgIpc) is 3.01. The van der Waals surface area contributed by atoms with E-state index in [1.165, 1.54) is 12.1 Å². The SMILES string of the molecule is O=C(CC(c1ccccc1)C1([N+](=O)[O-])C(=O)c2ccccc2C1=O)c1ccccc1. The van der Waals surface area contributed by atoms with Crippen molar-refractivity contribution in [3.63, 3.8) is 0 Å². The summed E-state index contributed by atoms with van der Waals surface area (Å²) in [6.45, 7) is 0. The van der Waals surface area contributed by atoms with E-state index in [0.29, 0.717) is 11.1 Å². The van der Waals surface area contributed by atoms with Crippen LogP contribution < -0.4 is 0 Å². The molecule has 0 aliphatic heterocycles. The molecule has 3 aromatic carbocycles. The van der Waals surface area contributed by atoms with Crippen LogP contribution in [0.15, 0.2) is 84.9 Å². The van der Waals surface area contributed by atoms with Gasteiger partial charge in [0.05, 0.1) is 5.92 Å². The quantitative estimate of drug-likeness (QED) is 0.269. The molecule has 3 aromatic rings. The van der Waals surface area contributed by atoms with Crippen molar-refractivity contribution in [3.05, 3.63) is 117 Å². The lowest BCUT2D eigenvalue weighted by molar-refractivity contribution is -0.534. The molecule has 1 aliphatic carbocycles. The van der Waals surface area contributed by atoms with Gasteiger partial charge in [0, 0.05) is 28.0 Å². The largest absolute Gasteiger partial charge is 0.352 e. The lowest BCUT2D eigenvalue weighted by atomic mass is 9.73. The highest BCUT2D eigenvalue weighted by Crippen LogP contribution is 2.44. The van der Waals surface area contributed by atoms with Crippen molar-refractivity contribution < 1.29 is 19.3 Å². The summed E-state index contributed by atoms with van der Waals surface area (Å²) in [5.74, 6) is -3.36. The van der Waals surface area contributed by atoms with E-state index >= 15 is 0 Å². The molecule has 1 aliphatic rings. The fourth-order valence-corrected chi connectivity index (χ4v) is 4.12. The van der Waals surface area contributed by atoms with Gasteiger partial charge in [-0.25, -0.2) is 0 Å². The van der Waals surface area contributed by atoms with Crippen molar-refractivity contribution in [1.82, 2.24) is 0 Å². The lowest BCUT2D eigenvalue weighted by Gasteiger charge is -2.27. The summed E-state index contributed by atoms with van der Waals surface area (Å²) in [4.78, 5) is 51.2. The predicted octanol–water partition coefficient (Wildman–Crippen LogP) is 4.14. The maximum absolute atomic E-state index is 13.3. The smallest absolute Gasteiger partial charge is 0.294 e. The highest BCUT2D eigenvalue weighted by molar-refractivity contribution is 6.32. The first kappa shape index (κ1) is 19.4. The lowest BCUT2D eigenvalue weighted by Crippen LogP contribution is -2.54. The average molecular weight is 399 g/mol. The minimum atomic E-state index is -2.57. The van der Waals surface area contributed by atoms with Crippen LogP contribution >= 0.6 is 0 Å². The molecule has 1 atom stereocenters. The van der Waals surface area contributed by atoms with Gasteiger partial charge in [-0.1, -0.05) is 84.9 Å². The number of hydrogen-bond donors (Lipinski definition) is 0. The number of benzene rings is 3. The van der Waals surface area contributed by atoms with Gasteiger partial charge < -0.3 is 0 Å². The molecule has 0 saturated carbocycles. The van der Waals surface area contributed by atoms with E-state index in [-0.39, 0.29) is 23.3 Å². The zero-order chi connectivity index (χ0) is 21.3. The van der Waals surface area contributed by atoms with Crippen molar-refractivity contribution in [1.29, 1.82) is 0 Å². The van der Waals surface area contributed by atoms with Crippen LogP contribution in [-0.4, -0.2) is 27.8 Å². The third-order valence-corrected chi connectivity index (χ3v) is 5.59. The maximum atomic E-state index is 13.3. The molecular formula is C24H17NO5. The Labute approximate surface area is 172 Å². The molecule has 0 radical (unpaired) electrons. The normalized spacial score (nSPS) is 15.5. The van der Waals surface area contributed by atoms with E-state index in [1.54, 1.807) is 72.8 Å². The number of Topliss-reactive ketones (excluding diaryl/α,β-unsaturated/α-hetero) is 3. The second-order valence-electron chi connectivity index (χ2n) is 7.18. The molecule has 6 nitrogen and oxygen atoms in total. The zero-order valence-electron chi connectivity index (χ0n) is 15.9. The summed E-state index contributed by atoms with van der Waals surface area (Å²) in [6.07, 6.45) is -0.347. The minimum absolute atomic E-state index is 0.0206. The number of carbonyl (C=O) groups is 3. The summed E-state index contributed by atoms with van der Waals surface area (Å²) in [6, 6.07) is 22.6. The molecular weight excluding hydrogens is 382 g/mol. The standard InChI is InChI=1S/C24H17NO5/c26-21(17-11-5-2-6-12-17)15-20(16-9-3-1-4-10-16)24(25(29)30)22(27)18-13-7-8-14-19(18)23(24)28/h1-14,20H,15H2. The first-order valence-corrected chi connectivity index (χ1v) is 9.44. The van der Waals surface area contributed by atoms with E-state index < -0.39 is 27.9 Å². The molecule has 148 valence electrons. The van der Waals surface area contributed by atoms with Crippen LogP contribution in [0.25, 0.3) is 0 Å². The van der Waals surface area contributed by atoms with Crippen molar-refractivity contribution in [2.75, 3.05) is 0 Å². The Morgan fingerprint density at radius 2 is 1.27 bits per heavy atom. The minimum Gasteiger partial charge on any atom is -0.294 e. The van der Waals surface area contributed by atoms with E-state index in [0.717, 1.165) is 0 Å². The van der Waals surface area contributed by atoms with E-state index in [2.05, 4.69) is 0 Å². The Hall–Kier alpha value is -3.93. The predicted molar refractivity (Wildman–Crippen MR) is 109 cm³/mol. The number of rotatable bonds is 6. The number of carbonyl (C=O) groups excluding carboxylic acids is 3. The third kappa shape index (κ3) is 2.85. The molecule has 0 bridgehead atoms. The van der Waals surface area contributed by atoms with Gasteiger partial charge in [0.15, 0.2) is 5.78 Å². The molecule has 0 N–H and O–H groups in total. The van der Waals surface area contributed by atoms with Crippen molar-refractivity contribution in [2.45, 2.75) is 17.9 Å². The summed E-state index contributed by atoms with van der Waals surface area (Å²) < 4.78 is 0. The van der Waals surface area contributed by atoms with Crippen molar-refractivity contribution >= 4 is 17.3 Å². The fourth-order valence-electron chi connectivity index (χ4n) is 4.12. The van der Waals surface area contributed by atoms with Crippen LogP contribution in [0.2, 0.25) is 0 Å². The molecule has 0 aromatic heterocycles. The van der Waals surface area contributed by atoms with Crippen LogP contribution in [0.5, 0.6) is 0 Å². The van der Waals surface area contributed by atoms with Gasteiger partial charge in [-0.05, 0) is 5.56 Å². The Balaban J connectivity index is 1.89. The molecule has 0 heterocycles. The van der Waals surface area contributed by atoms with Crippen molar-refractivity contribution in [3.8, 4) is 0 Å². The number of nitro groups is 1. The Morgan fingerprint density at radius 1 is 0.800 bits per heavy atom. The number of nitrogens with zero attached hydrogens (tertiary/aromatic N) is 1. The molecule has 0 saturated heterocycles. The zero-order valence-corrected chi connectivity index (χ0v) is 15.9. The molecule has 0 spiro atoms. The Morgan fingerprint density at radius 3 is 1.77 bits per heavy atom. The summed E-state index contributed by atoms with van der Waals surface area (Å²) >= 11 is 0. The molecule has 30 heavy (non-hydrogen) atoms. The fraction of sp³-hybridized carbons (Fsp3) is 0.125. The van der Waals surface area contributed by atoms with Crippen LogP contribution in [0.4, 0.5) is 0 Å². The topological polar surface area (TPSA) is 94.3 Å². The summed E-state index contributed by atoms with van der Waals surface area (Å²) in [5, 5.41) is 12.4. The van der Waals surface area contributed by atoms with Gasteiger partial charge in [-0.3, -0.25) is 24.5 Å². The first-order valence-electron chi connectivity index (χ1n) is 9.44. The first-order chi connectivity index (χ1) is 14.5. The highest BCUT2D eigenvalue weighted by Gasteiger charge is 2.68. The van der Waals surface area contributed by atoms with Crippen molar-refractivity contribution in [2.24, 2.45) is 0 Å². The number of ketones is 3. The van der Waals surface area contributed by atoms with Gasteiger partial charge in [0.2, 0.25) is 11.6 Å². The van der Waals surface area contributed by atoms with E-state index in [1.807, 2.05) is 0 Å². The summed E-state index contributed by atoms with van der Waals surface area (Å²) in [5.41, 5.74) is -1.77. The molecule has 0 fully saturated rings. The Bertz CT molecular complexity index is 1120. The van der Waals surface area contributed by atoms with Crippen LogP contribution in [0, 0.1) is 10.1 Å². The molecule has 6 heteroatoms. The number of fused-ring (bicyclic) bond motifs is 1. The molecule has 0 amide bonds. The Kier molecular flexibility index (Phi) is 4.83. The summed E-state index contributed by atoms with van der Waals surface area (Å²) in [7, 11) is 0. The van der Waals surface area contributed by atoms with Gasteiger partial charge >= 0.3 is 5.54 Å². The van der Waals surface area contributed by atoms with Crippen LogP contribution in [0.1, 0.15) is 49.0 Å².